The minimum Gasteiger partial charge on any atom is -0.322 e. The van der Waals surface area contributed by atoms with E-state index < -0.39 is 0 Å². The summed E-state index contributed by atoms with van der Waals surface area (Å²) < 4.78 is 3.66. The molecule has 0 aliphatic heterocycles. The van der Waals surface area contributed by atoms with Crippen LogP contribution >= 0.6 is 0 Å². The lowest BCUT2D eigenvalue weighted by molar-refractivity contribution is 0.102. The lowest BCUT2D eigenvalue weighted by atomic mass is 10.2. The average molecular weight is 343 g/mol. The number of amides is 1. The molecule has 0 saturated heterocycles. The molecule has 0 unspecified atom stereocenters. The molecule has 2 heterocycles. The normalized spacial score (nSPS) is 10.6. The third-order valence-electron chi connectivity index (χ3n) is 4.01. The molecule has 4 rings (SSSR count). The number of benzene rings is 2. The Kier molecular flexibility index (Phi) is 4.30. The van der Waals surface area contributed by atoms with Crippen molar-refractivity contribution in [2.24, 2.45) is 0 Å². The van der Waals surface area contributed by atoms with Crippen molar-refractivity contribution in [2.45, 2.75) is 6.54 Å². The van der Waals surface area contributed by atoms with Gasteiger partial charge in [-0.15, -0.1) is 0 Å². The predicted molar refractivity (Wildman–Crippen MR) is 99.3 cm³/mol. The molecule has 0 aliphatic carbocycles. The molecule has 128 valence electrons. The van der Waals surface area contributed by atoms with Gasteiger partial charge in [-0.05, 0) is 29.8 Å². The molecule has 1 N–H and O–H groups in total. The summed E-state index contributed by atoms with van der Waals surface area (Å²) in [6.07, 6.45) is 8.66. The van der Waals surface area contributed by atoms with E-state index in [2.05, 4.69) is 15.4 Å². The monoisotopic (exact) mass is 343 g/mol. The molecule has 0 radical (unpaired) electrons. The van der Waals surface area contributed by atoms with Crippen LogP contribution in [0.4, 0.5) is 5.69 Å². The zero-order chi connectivity index (χ0) is 17.8. The second-order valence-corrected chi connectivity index (χ2v) is 5.88. The van der Waals surface area contributed by atoms with Crippen LogP contribution in [0.3, 0.4) is 0 Å². The SMILES string of the molecule is O=C(Nc1ccc(-n2ccnc2)cc1)c1cnn(Cc2ccccc2)c1. The molecule has 26 heavy (non-hydrogen) atoms. The van der Waals surface area contributed by atoms with Crippen LogP contribution in [-0.4, -0.2) is 25.2 Å². The van der Waals surface area contributed by atoms with Crippen LogP contribution < -0.4 is 5.32 Å². The molecule has 6 heteroatoms. The van der Waals surface area contributed by atoms with Gasteiger partial charge in [0.05, 0.1) is 24.6 Å². The van der Waals surface area contributed by atoms with E-state index in [-0.39, 0.29) is 5.91 Å². The molecule has 2 aromatic heterocycles. The summed E-state index contributed by atoms with van der Waals surface area (Å²) in [6.45, 7) is 0.633. The Hall–Kier alpha value is -3.67. The van der Waals surface area contributed by atoms with Gasteiger partial charge in [-0.1, -0.05) is 30.3 Å². The molecule has 6 nitrogen and oxygen atoms in total. The molecule has 0 aliphatic rings. The number of hydrogen-bond acceptors (Lipinski definition) is 3. The van der Waals surface area contributed by atoms with Gasteiger partial charge in [-0.25, -0.2) is 4.98 Å². The van der Waals surface area contributed by atoms with Crippen molar-refractivity contribution in [3.05, 3.63) is 96.8 Å². The Labute approximate surface area is 150 Å². The fraction of sp³-hybridized carbons (Fsp3) is 0.0500. The van der Waals surface area contributed by atoms with E-state index in [4.69, 9.17) is 0 Å². The van der Waals surface area contributed by atoms with Gasteiger partial charge >= 0.3 is 0 Å². The van der Waals surface area contributed by atoms with Crippen LogP contribution in [-0.2, 0) is 6.54 Å². The van der Waals surface area contributed by atoms with Crippen molar-refractivity contribution in [2.75, 3.05) is 5.32 Å². The maximum Gasteiger partial charge on any atom is 0.258 e. The Morgan fingerprint density at radius 3 is 2.58 bits per heavy atom. The largest absolute Gasteiger partial charge is 0.322 e. The third kappa shape index (κ3) is 3.54. The quantitative estimate of drug-likeness (QED) is 0.604. The second-order valence-electron chi connectivity index (χ2n) is 5.88. The van der Waals surface area contributed by atoms with Crippen LogP contribution in [0.2, 0.25) is 0 Å². The topological polar surface area (TPSA) is 64.7 Å². The highest BCUT2D eigenvalue weighted by molar-refractivity contribution is 6.03. The fourth-order valence-electron chi connectivity index (χ4n) is 2.67. The lowest BCUT2D eigenvalue weighted by Crippen LogP contribution is -2.11. The number of carbonyl (C=O) groups is 1. The Bertz CT molecular complexity index is 988. The molecular weight excluding hydrogens is 326 g/mol. The third-order valence-corrected chi connectivity index (χ3v) is 4.01. The first-order valence-corrected chi connectivity index (χ1v) is 8.24. The van der Waals surface area contributed by atoms with E-state index in [1.54, 1.807) is 29.6 Å². The van der Waals surface area contributed by atoms with Crippen LogP contribution in [0.15, 0.2) is 85.7 Å². The fourth-order valence-corrected chi connectivity index (χ4v) is 2.67. The van der Waals surface area contributed by atoms with Crippen LogP contribution in [0.25, 0.3) is 5.69 Å². The minimum atomic E-state index is -0.181. The molecule has 0 bridgehead atoms. The molecule has 0 atom stereocenters. The number of carbonyl (C=O) groups excluding carboxylic acids is 1. The zero-order valence-electron chi connectivity index (χ0n) is 14.0. The number of anilines is 1. The highest BCUT2D eigenvalue weighted by Crippen LogP contribution is 2.14. The summed E-state index contributed by atoms with van der Waals surface area (Å²) in [6, 6.07) is 17.6. The number of nitrogens with one attached hydrogen (secondary N) is 1. The minimum absolute atomic E-state index is 0.181. The van der Waals surface area contributed by atoms with Crippen LogP contribution in [0.5, 0.6) is 0 Å². The van der Waals surface area contributed by atoms with Gasteiger partial charge in [0.25, 0.3) is 5.91 Å². The first-order chi connectivity index (χ1) is 12.8. The van der Waals surface area contributed by atoms with Gasteiger partial charge in [-0.2, -0.15) is 5.10 Å². The highest BCUT2D eigenvalue weighted by Gasteiger charge is 2.09. The maximum absolute atomic E-state index is 12.4. The Balaban J connectivity index is 1.42. The Morgan fingerprint density at radius 2 is 1.85 bits per heavy atom. The maximum atomic E-state index is 12.4. The van der Waals surface area contributed by atoms with Crippen molar-refractivity contribution in [3.8, 4) is 5.69 Å². The van der Waals surface area contributed by atoms with Gasteiger partial charge in [0, 0.05) is 30.0 Å². The number of aromatic nitrogens is 4. The van der Waals surface area contributed by atoms with Gasteiger partial charge in [0.1, 0.15) is 0 Å². The molecule has 0 spiro atoms. The molecular formula is C20H17N5O. The van der Waals surface area contributed by atoms with Gasteiger partial charge in [0.2, 0.25) is 0 Å². The predicted octanol–water partition coefficient (Wildman–Crippen LogP) is 3.37. The molecule has 0 fully saturated rings. The van der Waals surface area contributed by atoms with E-state index in [1.165, 1.54) is 0 Å². The van der Waals surface area contributed by atoms with E-state index in [1.807, 2.05) is 65.4 Å². The van der Waals surface area contributed by atoms with Gasteiger partial charge < -0.3 is 9.88 Å². The number of rotatable bonds is 5. The summed E-state index contributed by atoms with van der Waals surface area (Å²) in [5, 5.41) is 7.16. The van der Waals surface area contributed by atoms with Gasteiger partial charge in [0.15, 0.2) is 0 Å². The van der Waals surface area contributed by atoms with E-state index in [0.717, 1.165) is 16.9 Å². The number of nitrogens with zero attached hydrogens (tertiary/aromatic N) is 4. The molecule has 1 amide bonds. The van der Waals surface area contributed by atoms with E-state index >= 15 is 0 Å². The summed E-state index contributed by atoms with van der Waals surface area (Å²) >= 11 is 0. The second kappa shape index (κ2) is 7.06. The standard InChI is InChI=1S/C20H17N5O/c26-20(17-12-22-25(14-17)13-16-4-2-1-3-5-16)23-18-6-8-19(9-7-18)24-11-10-21-15-24/h1-12,14-15H,13H2,(H,23,26). The van der Waals surface area contributed by atoms with Crippen molar-refractivity contribution in [1.29, 1.82) is 0 Å². The lowest BCUT2D eigenvalue weighted by Gasteiger charge is -2.06. The molecule has 2 aromatic carbocycles. The van der Waals surface area contributed by atoms with Crippen molar-refractivity contribution >= 4 is 11.6 Å². The summed E-state index contributed by atoms with van der Waals surface area (Å²) in [5.74, 6) is -0.181. The molecule has 0 saturated carbocycles. The van der Waals surface area contributed by atoms with Crippen molar-refractivity contribution in [3.63, 3.8) is 0 Å². The summed E-state index contributed by atoms with van der Waals surface area (Å²) in [5.41, 5.74) is 3.38. The van der Waals surface area contributed by atoms with Crippen LogP contribution in [0, 0.1) is 0 Å². The number of imidazole rings is 1. The average Bonchev–Trinajstić information content (AvgIpc) is 3.35. The first-order valence-electron chi connectivity index (χ1n) is 8.24. The van der Waals surface area contributed by atoms with Crippen molar-refractivity contribution in [1.82, 2.24) is 19.3 Å². The van der Waals surface area contributed by atoms with Crippen molar-refractivity contribution < 1.29 is 4.79 Å². The zero-order valence-corrected chi connectivity index (χ0v) is 14.0. The molecule has 4 aromatic rings. The van der Waals surface area contributed by atoms with E-state index in [9.17, 15) is 4.79 Å². The summed E-state index contributed by atoms with van der Waals surface area (Å²) in [7, 11) is 0. The van der Waals surface area contributed by atoms with E-state index in [0.29, 0.717) is 12.1 Å². The highest BCUT2D eigenvalue weighted by atomic mass is 16.1. The summed E-state index contributed by atoms with van der Waals surface area (Å²) in [4.78, 5) is 16.4. The Morgan fingerprint density at radius 1 is 1.04 bits per heavy atom. The number of hydrogen-bond donors (Lipinski definition) is 1. The first kappa shape index (κ1) is 15.8. The van der Waals surface area contributed by atoms with Gasteiger partial charge in [-0.3, -0.25) is 9.48 Å². The van der Waals surface area contributed by atoms with Crippen LogP contribution in [0.1, 0.15) is 15.9 Å². The smallest absolute Gasteiger partial charge is 0.258 e.